The molecule has 1 N–H and O–H groups in total. The third-order valence-corrected chi connectivity index (χ3v) is 3.42. The SMILES string of the molecule is Cc1cc(C(=O)N2CCOCC2CC(=O)O)cc([N+](=O)[O-])c1. The maximum atomic E-state index is 12.6. The summed E-state index contributed by atoms with van der Waals surface area (Å²) in [6.07, 6.45) is -0.223. The van der Waals surface area contributed by atoms with Crippen molar-refractivity contribution in [3.63, 3.8) is 0 Å². The summed E-state index contributed by atoms with van der Waals surface area (Å²) in [6.45, 7) is 2.39. The highest BCUT2D eigenvalue weighted by Gasteiger charge is 2.30. The van der Waals surface area contributed by atoms with Crippen molar-refractivity contribution in [2.75, 3.05) is 19.8 Å². The Morgan fingerprint density at radius 1 is 1.45 bits per heavy atom. The fraction of sp³-hybridized carbons (Fsp3) is 0.429. The maximum absolute atomic E-state index is 12.6. The van der Waals surface area contributed by atoms with E-state index in [0.717, 1.165) is 0 Å². The highest BCUT2D eigenvalue weighted by Crippen LogP contribution is 2.21. The van der Waals surface area contributed by atoms with E-state index in [2.05, 4.69) is 0 Å². The summed E-state index contributed by atoms with van der Waals surface area (Å²) >= 11 is 0. The van der Waals surface area contributed by atoms with Gasteiger partial charge in [-0.25, -0.2) is 0 Å². The van der Waals surface area contributed by atoms with Crippen LogP contribution in [-0.4, -0.2) is 52.6 Å². The van der Waals surface area contributed by atoms with E-state index in [9.17, 15) is 19.7 Å². The number of nitrogens with zero attached hydrogens (tertiary/aromatic N) is 2. The molecule has 1 saturated heterocycles. The normalized spacial score (nSPS) is 18.0. The van der Waals surface area contributed by atoms with Gasteiger partial charge in [0.05, 0.1) is 30.6 Å². The first-order chi connectivity index (χ1) is 10.4. The molecule has 1 unspecified atom stereocenters. The van der Waals surface area contributed by atoms with Crippen molar-refractivity contribution in [3.8, 4) is 0 Å². The zero-order valence-electron chi connectivity index (χ0n) is 12.0. The summed E-state index contributed by atoms with van der Waals surface area (Å²) in [7, 11) is 0. The van der Waals surface area contributed by atoms with E-state index in [4.69, 9.17) is 9.84 Å². The first-order valence-corrected chi connectivity index (χ1v) is 6.75. The van der Waals surface area contributed by atoms with Crippen LogP contribution < -0.4 is 0 Å². The number of non-ortho nitro benzene ring substituents is 1. The molecule has 22 heavy (non-hydrogen) atoms. The summed E-state index contributed by atoms with van der Waals surface area (Å²) in [5.74, 6) is -1.44. The number of ether oxygens (including phenoxy) is 1. The van der Waals surface area contributed by atoms with Crippen LogP contribution in [0.15, 0.2) is 18.2 Å². The second-order valence-corrected chi connectivity index (χ2v) is 5.14. The number of carbonyl (C=O) groups is 2. The Balaban J connectivity index is 2.29. The molecule has 1 heterocycles. The Morgan fingerprint density at radius 2 is 2.18 bits per heavy atom. The number of carbonyl (C=O) groups excluding carboxylic acids is 1. The van der Waals surface area contributed by atoms with E-state index < -0.39 is 22.8 Å². The lowest BCUT2D eigenvalue weighted by Crippen LogP contribution is -2.49. The number of carboxylic acid groups (broad SMARTS) is 1. The number of amides is 1. The standard InChI is InChI=1S/C14H16N2O6/c1-9-4-10(6-11(5-9)16(20)21)14(19)15-2-3-22-8-12(15)7-13(17)18/h4-6,12H,2-3,7-8H2,1H3,(H,17,18). The topological polar surface area (TPSA) is 110 Å². The fourth-order valence-electron chi connectivity index (χ4n) is 2.45. The van der Waals surface area contributed by atoms with Gasteiger partial charge in [0.2, 0.25) is 0 Å². The highest BCUT2D eigenvalue weighted by atomic mass is 16.6. The van der Waals surface area contributed by atoms with Crippen LogP contribution >= 0.6 is 0 Å². The Hall–Kier alpha value is -2.48. The van der Waals surface area contributed by atoms with Crippen molar-refractivity contribution >= 4 is 17.6 Å². The molecule has 118 valence electrons. The zero-order valence-corrected chi connectivity index (χ0v) is 12.0. The van der Waals surface area contributed by atoms with E-state index >= 15 is 0 Å². The summed E-state index contributed by atoms with van der Waals surface area (Å²) in [5, 5.41) is 19.8. The summed E-state index contributed by atoms with van der Waals surface area (Å²) in [5.41, 5.74) is 0.621. The Morgan fingerprint density at radius 3 is 2.82 bits per heavy atom. The van der Waals surface area contributed by atoms with Crippen LogP contribution in [0.3, 0.4) is 0 Å². The molecule has 1 aliphatic rings. The fourth-order valence-corrected chi connectivity index (χ4v) is 2.45. The van der Waals surface area contributed by atoms with Gasteiger partial charge in [-0.2, -0.15) is 0 Å². The Kier molecular flexibility index (Phi) is 4.71. The Bertz CT molecular complexity index is 615. The van der Waals surface area contributed by atoms with Crippen molar-refractivity contribution in [1.82, 2.24) is 4.90 Å². The lowest BCUT2D eigenvalue weighted by atomic mass is 10.1. The number of hydrogen-bond donors (Lipinski definition) is 1. The number of nitro benzene ring substituents is 1. The van der Waals surface area contributed by atoms with Gasteiger partial charge in [0.1, 0.15) is 0 Å². The first-order valence-electron chi connectivity index (χ1n) is 6.75. The number of aliphatic carboxylic acids is 1. The molecule has 0 aromatic heterocycles. The molecular formula is C14H16N2O6. The molecule has 8 nitrogen and oxygen atoms in total. The maximum Gasteiger partial charge on any atom is 0.305 e. The monoisotopic (exact) mass is 308 g/mol. The van der Waals surface area contributed by atoms with Gasteiger partial charge < -0.3 is 14.7 Å². The predicted molar refractivity (Wildman–Crippen MR) is 75.7 cm³/mol. The van der Waals surface area contributed by atoms with Gasteiger partial charge in [-0.3, -0.25) is 19.7 Å². The predicted octanol–water partition coefficient (Wildman–Crippen LogP) is 1.22. The van der Waals surface area contributed by atoms with Crippen LogP contribution in [0.2, 0.25) is 0 Å². The third-order valence-electron chi connectivity index (χ3n) is 3.42. The summed E-state index contributed by atoms with van der Waals surface area (Å²) in [4.78, 5) is 35.2. The molecule has 0 radical (unpaired) electrons. The second kappa shape index (κ2) is 6.52. The molecule has 0 saturated carbocycles. The minimum Gasteiger partial charge on any atom is -0.481 e. The average Bonchev–Trinajstić information content (AvgIpc) is 2.45. The van der Waals surface area contributed by atoms with E-state index in [0.29, 0.717) is 12.2 Å². The minimum atomic E-state index is -1.02. The number of benzene rings is 1. The third kappa shape index (κ3) is 3.59. The van der Waals surface area contributed by atoms with E-state index in [1.807, 2.05) is 0 Å². The summed E-state index contributed by atoms with van der Waals surface area (Å²) < 4.78 is 5.22. The van der Waals surface area contributed by atoms with Crippen LogP contribution in [-0.2, 0) is 9.53 Å². The highest BCUT2D eigenvalue weighted by molar-refractivity contribution is 5.95. The number of carboxylic acids is 1. The molecule has 1 fully saturated rings. The van der Waals surface area contributed by atoms with Gasteiger partial charge in [-0.05, 0) is 18.6 Å². The van der Waals surface area contributed by atoms with Crippen LogP contribution in [0.5, 0.6) is 0 Å². The minimum absolute atomic E-state index is 0.145. The lowest BCUT2D eigenvalue weighted by molar-refractivity contribution is -0.384. The number of aryl methyl sites for hydroxylation is 1. The summed E-state index contributed by atoms with van der Waals surface area (Å²) in [6, 6.07) is 3.58. The van der Waals surface area contributed by atoms with Gasteiger partial charge in [0.25, 0.3) is 11.6 Å². The van der Waals surface area contributed by atoms with Crippen molar-refractivity contribution < 1.29 is 24.4 Å². The van der Waals surface area contributed by atoms with Crippen LogP contribution in [0.4, 0.5) is 5.69 Å². The van der Waals surface area contributed by atoms with Crippen molar-refractivity contribution in [1.29, 1.82) is 0 Å². The number of rotatable bonds is 4. The van der Waals surface area contributed by atoms with Gasteiger partial charge in [-0.1, -0.05) is 0 Å². The molecule has 1 aliphatic heterocycles. The van der Waals surface area contributed by atoms with Gasteiger partial charge in [0, 0.05) is 24.2 Å². The molecule has 8 heteroatoms. The van der Waals surface area contributed by atoms with Crippen molar-refractivity contribution in [3.05, 3.63) is 39.4 Å². The van der Waals surface area contributed by atoms with E-state index in [1.54, 1.807) is 13.0 Å². The molecule has 0 spiro atoms. The lowest BCUT2D eigenvalue weighted by Gasteiger charge is -2.34. The van der Waals surface area contributed by atoms with Gasteiger partial charge >= 0.3 is 5.97 Å². The molecule has 1 aromatic carbocycles. The molecule has 1 aromatic rings. The van der Waals surface area contributed by atoms with Crippen molar-refractivity contribution in [2.45, 2.75) is 19.4 Å². The molecule has 0 aliphatic carbocycles. The number of morpholine rings is 1. The average molecular weight is 308 g/mol. The Labute approximate surface area is 126 Å². The van der Waals surface area contributed by atoms with Crippen LogP contribution in [0.1, 0.15) is 22.3 Å². The smallest absolute Gasteiger partial charge is 0.305 e. The molecule has 1 amide bonds. The molecule has 2 rings (SSSR count). The van der Waals surface area contributed by atoms with E-state index in [1.165, 1.54) is 17.0 Å². The quantitative estimate of drug-likeness (QED) is 0.661. The molecule has 1 atom stereocenters. The van der Waals surface area contributed by atoms with Gasteiger partial charge in [-0.15, -0.1) is 0 Å². The molecule has 0 bridgehead atoms. The van der Waals surface area contributed by atoms with Gasteiger partial charge in [0.15, 0.2) is 0 Å². The zero-order chi connectivity index (χ0) is 16.3. The second-order valence-electron chi connectivity index (χ2n) is 5.14. The number of hydrogen-bond acceptors (Lipinski definition) is 5. The van der Waals surface area contributed by atoms with Crippen LogP contribution in [0.25, 0.3) is 0 Å². The number of nitro groups is 1. The van der Waals surface area contributed by atoms with Crippen LogP contribution in [0, 0.1) is 17.0 Å². The largest absolute Gasteiger partial charge is 0.481 e. The van der Waals surface area contributed by atoms with Crippen molar-refractivity contribution in [2.24, 2.45) is 0 Å². The van der Waals surface area contributed by atoms with E-state index in [-0.39, 0.29) is 30.8 Å². The first kappa shape index (κ1) is 15.9. The molecular weight excluding hydrogens is 292 g/mol.